The third kappa shape index (κ3) is 3.75. The van der Waals surface area contributed by atoms with E-state index in [1.165, 1.54) is 12.8 Å². The van der Waals surface area contributed by atoms with Crippen molar-refractivity contribution >= 4 is 17.7 Å². The number of nitrogens with one attached hydrogen (secondary N) is 1. The number of aromatic nitrogens is 2. The van der Waals surface area contributed by atoms with Gasteiger partial charge < -0.3 is 10.2 Å². The smallest absolute Gasteiger partial charge is 0.251 e. The zero-order valence-corrected chi connectivity index (χ0v) is 15.3. The fraction of sp³-hybridized carbons (Fsp3) is 0.474. The standard InChI is InChI=1S/C19H24N4OS/c1-25-19-20-10-13-23(19)17-4-2-14(3-5-17)18(24)21-15-8-11-22(12-9-15)16-6-7-16/h2-5,10,13,15-16H,6-9,11-12H2,1H3,(H,21,24). The molecule has 2 aromatic rings. The van der Waals surface area contributed by atoms with E-state index >= 15 is 0 Å². The quantitative estimate of drug-likeness (QED) is 0.837. The van der Waals surface area contributed by atoms with E-state index < -0.39 is 0 Å². The molecule has 1 saturated heterocycles. The molecular formula is C19H24N4OS. The summed E-state index contributed by atoms with van der Waals surface area (Å²) in [7, 11) is 0. The lowest BCUT2D eigenvalue weighted by Crippen LogP contribution is -2.45. The van der Waals surface area contributed by atoms with Crippen LogP contribution in [0.3, 0.4) is 0 Å². The molecule has 1 N–H and O–H groups in total. The minimum absolute atomic E-state index is 0.0344. The first kappa shape index (κ1) is 16.7. The fourth-order valence-electron chi connectivity index (χ4n) is 3.53. The lowest BCUT2D eigenvalue weighted by molar-refractivity contribution is 0.0909. The normalized spacial score (nSPS) is 19.1. The van der Waals surface area contributed by atoms with Crippen LogP contribution in [0.25, 0.3) is 5.69 Å². The lowest BCUT2D eigenvalue weighted by atomic mass is 10.0. The molecule has 2 fully saturated rings. The predicted molar refractivity (Wildman–Crippen MR) is 100 cm³/mol. The van der Waals surface area contributed by atoms with E-state index in [1.54, 1.807) is 18.0 Å². The van der Waals surface area contributed by atoms with Gasteiger partial charge in [-0.2, -0.15) is 0 Å². The van der Waals surface area contributed by atoms with Gasteiger partial charge in [0.1, 0.15) is 0 Å². The average molecular weight is 356 g/mol. The summed E-state index contributed by atoms with van der Waals surface area (Å²) in [5.41, 5.74) is 1.75. The van der Waals surface area contributed by atoms with Gasteiger partial charge in [0.25, 0.3) is 5.91 Å². The number of rotatable bonds is 5. The number of thioether (sulfide) groups is 1. The van der Waals surface area contributed by atoms with Crippen LogP contribution in [0.4, 0.5) is 0 Å². The number of amides is 1. The molecule has 2 heterocycles. The van der Waals surface area contributed by atoms with E-state index in [9.17, 15) is 4.79 Å². The second-order valence-electron chi connectivity index (χ2n) is 6.85. The molecule has 0 spiro atoms. The molecule has 1 aromatic heterocycles. The van der Waals surface area contributed by atoms with Crippen molar-refractivity contribution in [3.63, 3.8) is 0 Å². The molecule has 1 saturated carbocycles. The van der Waals surface area contributed by atoms with Crippen molar-refractivity contribution in [3.8, 4) is 5.69 Å². The molecule has 0 atom stereocenters. The molecule has 1 aliphatic carbocycles. The Kier molecular flexibility index (Phi) is 4.81. The minimum atomic E-state index is 0.0344. The number of imidazole rings is 1. The highest BCUT2D eigenvalue weighted by atomic mass is 32.2. The maximum Gasteiger partial charge on any atom is 0.251 e. The predicted octanol–water partition coefficient (Wildman–Crippen LogP) is 2.95. The molecule has 1 aliphatic heterocycles. The van der Waals surface area contributed by atoms with Gasteiger partial charge in [-0.25, -0.2) is 4.98 Å². The molecule has 1 amide bonds. The van der Waals surface area contributed by atoms with E-state index in [2.05, 4.69) is 15.2 Å². The van der Waals surface area contributed by atoms with Crippen LogP contribution >= 0.6 is 11.8 Å². The van der Waals surface area contributed by atoms with Crippen LogP contribution in [0.15, 0.2) is 41.8 Å². The van der Waals surface area contributed by atoms with E-state index in [1.807, 2.05) is 41.3 Å². The first-order valence-electron chi connectivity index (χ1n) is 8.97. The van der Waals surface area contributed by atoms with Gasteiger partial charge in [-0.1, -0.05) is 11.8 Å². The number of carbonyl (C=O) groups is 1. The van der Waals surface area contributed by atoms with Crippen molar-refractivity contribution in [2.45, 2.75) is 42.9 Å². The van der Waals surface area contributed by atoms with Gasteiger partial charge in [-0.3, -0.25) is 9.36 Å². The second kappa shape index (κ2) is 7.22. The number of hydrogen-bond acceptors (Lipinski definition) is 4. The van der Waals surface area contributed by atoms with Crippen molar-refractivity contribution in [2.75, 3.05) is 19.3 Å². The van der Waals surface area contributed by atoms with Gasteiger partial charge in [0.05, 0.1) is 0 Å². The number of carbonyl (C=O) groups excluding carboxylic acids is 1. The summed E-state index contributed by atoms with van der Waals surface area (Å²) in [6.45, 7) is 2.24. The van der Waals surface area contributed by atoms with E-state index in [0.717, 1.165) is 48.4 Å². The monoisotopic (exact) mass is 356 g/mol. The van der Waals surface area contributed by atoms with Crippen LogP contribution in [-0.4, -0.2) is 51.8 Å². The molecule has 0 unspecified atom stereocenters. The van der Waals surface area contributed by atoms with E-state index in [0.29, 0.717) is 6.04 Å². The number of nitrogens with zero attached hydrogens (tertiary/aromatic N) is 3. The van der Waals surface area contributed by atoms with Gasteiger partial charge in [-0.15, -0.1) is 0 Å². The number of benzene rings is 1. The minimum Gasteiger partial charge on any atom is -0.349 e. The molecule has 5 nitrogen and oxygen atoms in total. The lowest BCUT2D eigenvalue weighted by Gasteiger charge is -2.32. The Morgan fingerprint density at radius 3 is 2.52 bits per heavy atom. The molecule has 0 bridgehead atoms. The van der Waals surface area contributed by atoms with Crippen molar-refractivity contribution in [1.29, 1.82) is 0 Å². The van der Waals surface area contributed by atoms with Crippen LogP contribution in [0, 0.1) is 0 Å². The average Bonchev–Trinajstić information content (AvgIpc) is 3.39. The highest BCUT2D eigenvalue weighted by Gasteiger charge is 2.32. The molecule has 25 heavy (non-hydrogen) atoms. The largest absolute Gasteiger partial charge is 0.349 e. The fourth-order valence-corrected chi connectivity index (χ4v) is 4.06. The summed E-state index contributed by atoms with van der Waals surface area (Å²) in [6, 6.07) is 8.89. The van der Waals surface area contributed by atoms with Crippen molar-refractivity contribution in [3.05, 3.63) is 42.2 Å². The number of hydrogen-bond donors (Lipinski definition) is 1. The summed E-state index contributed by atoms with van der Waals surface area (Å²) in [5, 5.41) is 4.15. The van der Waals surface area contributed by atoms with Crippen molar-refractivity contribution < 1.29 is 4.79 Å². The van der Waals surface area contributed by atoms with Gasteiger partial charge in [-0.05, 0) is 56.2 Å². The Labute approximate surface area is 152 Å². The Balaban J connectivity index is 1.36. The number of piperidine rings is 1. The Morgan fingerprint density at radius 2 is 1.88 bits per heavy atom. The van der Waals surface area contributed by atoms with Crippen LogP contribution in [0.2, 0.25) is 0 Å². The van der Waals surface area contributed by atoms with Gasteiger partial charge in [0, 0.05) is 48.8 Å². The molecule has 132 valence electrons. The van der Waals surface area contributed by atoms with Crippen molar-refractivity contribution in [1.82, 2.24) is 19.8 Å². The maximum atomic E-state index is 12.5. The van der Waals surface area contributed by atoms with Gasteiger partial charge in [0.15, 0.2) is 5.16 Å². The van der Waals surface area contributed by atoms with Crippen LogP contribution in [0.5, 0.6) is 0 Å². The summed E-state index contributed by atoms with van der Waals surface area (Å²) < 4.78 is 2.03. The van der Waals surface area contributed by atoms with Crippen molar-refractivity contribution in [2.24, 2.45) is 0 Å². The first-order chi connectivity index (χ1) is 12.2. The zero-order chi connectivity index (χ0) is 17.2. The molecule has 0 radical (unpaired) electrons. The molecule has 2 aliphatic rings. The number of likely N-dealkylation sites (tertiary alicyclic amines) is 1. The third-order valence-electron chi connectivity index (χ3n) is 5.13. The topological polar surface area (TPSA) is 50.2 Å². The molecule has 6 heteroatoms. The SMILES string of the molecule is CSc1nccn1-c1ccc(C(=O)NC2CCN(C3CC3)CC2)cc1. The summed E-state index contributed by atoms with van der Waals surface area (Å²) in [5.74, 6) is 0.0344. The third-order valence-corrected chi connectivity index (χ3v) is 5.79. The van der Waals surface area contributed by atoms with Crippen LogP contribution < -0.4 is 5.32 Å². The van der Waals surface area contributed by atoms with Gasteiger partial charge >= 0.3 is 0 Å². The van der Waals surface area contributed by atoms with Crippen LogP contribution in [-0.2, 0) is 0 Å². The molecule has 1 aromatic carbocycles. The zero-order valence-electron chi connectivity index (χ0n) is 14.5. The molecular weight excluding hydrogens is 332 g/mol. The Morgan fingerprint density at radius 1 is 1.16 bits per heavy atom. The Bertz CT molecular complexity index is 730. The Hall–Kier alpha value is -1.79. The van der Waals surface area contributed by atoms with Crippen LogP contribution in [0.1, 0.15) is 36.0 Å². The summed E-state index contributed by atoms with van der Waals surface area (Å²) >= 11 is 1.61. The highest BCUT2D eigenvalue weighted by Crippen LogP contribution is 2.29. The van der Waals surface area contributed by atoms with E-state index in [-0.39, 0.29) is 5.91 Å². The maximum absolute atomic E-state index is 12.5. The summed E-state index contributed by atoms with van der Waals surface area (Å²) in [4.78, 5) is 19.4. The highest BCUT2D eigenvalue weighted by molar-refractivity contribution is 7.98. The second-order valence-corrected chi connectivity index (χ2v) is 7.62. The van der Waals surface area contributed by atoms with Gasteiger partial charge in [0.2, 0.25) is 0 Å². The summed E-state index contributed by atoms with van der Waals surface area (Å²) in [6.07, 6.45) is 10.6. The first-order valence-corrected chi connectivity index (χ1v) is 10.2. The van der Waals surface area contributed by atoms with E-state index in [4.69, 9.17) is 0 Å². The molecule has 4 rings (SSSR count).